The van der Waals surface area contributed by atoms with Crippen LogP contribution in [0.3, 0.4) is 0 Å². The van der Waals surface area contributed by atoms with E-state index in [1.807, 2.05) is 0 Å². The van der Waals surface area contributed by atoms with E-state index in [0.29, 0.717) is 12.0 Å². The number of carbonyl (C=O) groups excluding carboxylic acids is 1. The first-order valence-corrected chi connectivity index (χ1v) is 5.95. The zero-order valence-corrected chi connectivity index (χ0v) is 9.19. The van der Waals surface area contributed by atoms with Crippen LogP contribution in [0.15, 0.2) is 0 Å². The molecule has 4 N–H and O–H groups in total. The van der Waals surface area contributed by atoms with Crippen molar-refractivity contribution in [1.82, 2.24) is 4.90 Å². The molecule has 15 heavy (non-hydrogen) atoms. The van der Waals surface area contributed by atoms with Gasteiger partial charge in [-0.2, -0.15) is 0 Å². The van der Waals surface area contributed by atoms with Gasteiger partial charge in [-0.05, 0) is 44.6 Å². The number of hydrogen-bond acceptors (Lipinski definition) is 3. The third-order valence-corrected chi connectivity index (χ3v) is 3.77. The molecular formula is C11H21N3O. The van der Waals surface area contributed by atoms with Gasteiger partial charge in [0.15, 0.2) is 0 Å². The van der Waals surface area contributed by atoms with Crippen LogP contribution in [0.2, 0.25) is 0 Å². The summed E-state index contributed by atoms with van der Waals surface area (Å²) in [6.07, 6.45) is 5.51. The Kier molecular flexibility index (Phi) is 3.26. The SMILES string of the molecule is NC(=O)[C@@H]1CCCN1CC1CCC(N)C1. The van der Waals surface area contributed by atoms with E-state index in [0.717, 1.165) is 38.8 Å². The summed E-state index contributed by atoms with van der Waals surface area (Å²) in [5.41, 5.74) is 11.3. The summed E-state index contributed by atoms with van der Waals surface area (Å²) in [6, 6.07) is 0.367. The number of likely N-dealkylation sites (tertiary alicyclic amines) is 1. The first-order chi connectivity index (χ1) is 7.16. The third kappa shape index (κ3) is 2.49. The molecule has 0 aromatic carbocycles. The second-order valence-electron chi connectivity index (χ2n) is 4.99. The van der Waals surface area contributed by atoms with Crippen LogP contribution in [0.5, 0.6) is 0 Å². The van der Waals surface area contributed by atoms with E-state index in [1.165, 1.54) is 6.42 Å². The average molecular weight is 211 g/mol. The van der Waals surface area contributed by atoms with Gasteiger partial charge in [0.2, 0.25) is 5.91 Å². The molecular weight excluding hydrogens is 190 g/mol. The fraction of sp³-hybridized carbons (Fsp3) is 0.909. The molecule has 1 aliphatic heterocycles. The van der Waals surface area contributed by atoms with E-state index in [2.05, 4.69) is 4.90 Å². The number of hydrogen-bond donors (Lipinski definition) is 2. The lowest BCUT2D eigenvalue weighted by molar-refractivity contribution is -0.122. The van der Waals surface area contributed by atoms with Crippen LogP contribution < -0.4 is 11.5 Å². The molecule has 2 unspecified atom stereocenters. The van der Waals surface area contributed by atoms with Crippen LogP contribution >= 0.6 is 0 Å². The van der Waals surface area contributed by atoms with Crippen molar-refractivity contribution in [2.75, 3.05) is 13.1 Å². The molecule has 0 radical (unpaired) electrons. The molecule has 1 amide bonds. The summed E-state index contributed by atoms with van der Waals surface area (Å²) in [5, 5.41) is 0. The van der Waals surface area contributed by atoms with Gasteiger partial charge < -0.3 is 11.5 Å². The van der Waals surface area contributed by atoms with Crippen molar-refractivity contribution in [2.45, 2.75) is 44.2 Å². The largest absolute Gasteiger partial charge is 0.368 e. The number of nitrogens with two attached hydrogens (primary N) is 2. The standard InChI is InChI=1S/C11H21N3O/c12-9-4-3-8(6-9)7-14-5-1-2-10(14)11(13)15/h8-10H,1-7,12H2,(H2,13,15)/t8?,9?,10-/m0/s1. The Morgan fingerprint density at radius 2 is 2.13 bits per heavy atom. The van der Waals surface area contributed by atoms with Crippen molar-refractivity contribution in [1.29, 1.82) is 0 Å². The Bertz CT molecular complexity index is 244. The predicted molar refractivity (Wildman–Crippen MR) is 59.1 cm³/mol. The maximum Gasteiger partial charge on any atom is 0.234 e. The van der Waals surface area contributed by atoms with Crippen molar-refractivity contribution in [3.63, 3.8) is 0 Å². The first kappa shape index (κ1) is 10.9. The van der Waals surface area contributed by atoms with Gasteiger partial charge in [0.25, 0.3) is 0 Å². The van der Waals surface area contributed by atoms with Crippen molar-refractivity contribution >= 4 is 5.91 Å². The lowest BCUT2D eigenvalue weighted by atomic mass is 10.1. The second kappa shape index (κ2) is 4.49. The Morgan fingerprint density at radius 1 is 1.33 bits per heavy atom. The molecule has 4 heteroatoms. The number of carbonyl (C=O) groups is 1. The van der Waals surface area contributed by atoms with E-state index >= 15 is 0 Å². The maximum absolute atomic E-state index is 11.2. The Balaban J connectivity index is 1.85. The summed E-state index contributed by atoms with van der Waals surface area (Å²) < 4.78 is 0. The molecule has 1 saturated carbocycles. The number of primary amides is 1. The summed E-state index contributed by atoms with van der Waals surface area (Å²) in [6.45, 7) is 2.04. The van der Waals surface area contributed by atoms with Gasteiger partial charge in [-0.1, -0.05) is 0 Å². The molecule has 2 aliphatic rings. The van der Waals surface area contributed by atoms with E-state index in [9.17, 15) is 4.79 Å². The minimum atomic E-state index is -0.158. The third-order valence-electron chi connectivity index (χ3n) is 3.77. The molecule has 2 rings (SSSR count). The zero-order chi connectivity index (χ0) is 10.8. The van der Waals surface area contributed by atoms with Crippen LogP contribution in [0, 0.1) is 5.92 Å². The van der Waals surface area contributed by atoms with Gasteiger partial charge in [0.1, 0.15) is 0 Å². The topological polar surface area (TPSA) is 72.4 Å². The molecule has 4 nitrogen and oxygen atoms in total. The Hall–Kier alpha value is -0.610. The van der Waals surface area contributed by atoms with Crippen LogP contribution in [-0.2, 0) is 4.79 Å². The molecule has 0 aromatic rings. The van der Waals surface area contributed by atoms with Crippen LogP contribution in [-0.4, -0.2) is 36.0 Å². The minimum Gasteiger partial charge on any atom is -0.368 e. The van der Waals surface area contributed by atoms with Gasteiger partial charge in [0.05, 0.1) is 6.04 Å². The highest BCUT2D eigenvalue weighted by molar-refractivity contribution is 5.80. The van der Waals surface area contributed by atoms with Crippen molar-refractivity contribution in [2.24, 2.45) is 17.4 Å². The highest BCUT2D eigenvalue weighted by atomic mass is 16.1. The molecule has 1 heterocycles. The van der Waals surface area contributed by atoms with Crippen LogP contribution in [0.1, 0.15) is 32.1 Å². The van der Waals surface area contributed by atoms with Crippen LogP contribution in [0.25, 0.3) is 0 Å². The number of rotatable bonds is 3. The lowest BCUT2D eigenvalue weighted by Gasteiger charge is -2.25. The smallest absolute Gasteiger partial charge is 0.234 e. The summed E-state index contributed by atoms with van der Waals surface area (Å²) >= 11 is 0. The average Bonchev–Trinajstić information content (AvgIpc) is 2.75. The molecule has 3 atom stereocenters. The van der Waals surface area contributed by atoms with E-state index in [1.54, 1.807) is 0 Å². The van der Waals surface area contributed by atoms with Crippen molar-refractivity contribution in [3.05, 3.63) is 0 Å². The number of amides is 1. The fourth-order valence-corrected chi connectivity index (χ4v) is 2.98. The highest BCUT2D eigenvalue weighted by Gasteiger charge is 2.32. The quantitative estimate of drug-likeness (QED) is 0.693. The molecule has 2 fully saturated rings. The van der Waals surface area contributed by atoms with E-state index in [4.69, 9.17) is 11.5 Å². The van der Waals surface area contributed by atoms with Crippen molar-refractivity contribution in [3.8, 4) is 0 Å². The van der Waals surface area contributed by atoms with Gasteiger partial charge in [-0.25, -0.2) is 0 Å². The van der Waals surface area contributed by atoms with Gasteiger partial charge in [-0.15, -0.1) is 0 Å². The molecule has 86 valence electrons. The van der Waals surface area contributed by atoms with Crippen LogP contribution in [0.4, 0.5) is 0 Å². The normalized spacial score (nSPS) is 37.3. The fourth-order valence-electron chi connectivity index (χ4n) is 2.98. The monoisotopic (exact) mass is 211 g/mol. The van der Waals surface area contributed by atoms with Gasteiger partial charge >= 0.3 is 0 Å². The molecule has 0 aromatic heterocycles. The number of nitrogens with zero attached hydrogens (tertiary/aromatic N) is 1. The maximum atomic E-state index is 11.2. The Morgan fingerprint density at radius 3 is 2.73 bits per heavy atom. The predicted octanol–water partition coefficient (Wildman–Crippen LogP) is 0.0635. The lowest BCUT2D eigenvalue weighted by Crippen LogP contribution is -2.42. The first-order valence-electron chi connectivity index (χ1n) is 5.95. The summed E-state index contributed by atoms with van der Waals surface area (Å²) in [5.74, 6) is 0.523. The van der Waals surface area contributed by atoms with Crippen molar-refractivity contribution < 1.29 is 4.79 Å². The zero-order valence-electron chi connectivity index (χ0n) is 9.19. The molecule has 1 saturated heterocycles. The molecule has 1 aliphatic carbocycles. The minimum absolute atomic E-state index is 0.0122. The Labute approximate surface area is 91.0 Å². The summed E-state index contributed by atoms with van der Waals surface area (Å²) in [7, 11) is 0. The van der Waals surface area contributed by atoms with E-state index in [-0.39, 0.29) is 11.9 Å². The summed E-state index contributed by atoms with van der Waals surface area (Å²) in [4.78, 5) is 13.5. The van der Waals surface area contributed by atoms with E-state index < -0.39 is 0 Å². The van der Waals surface area contributed by atoms with Gasteiger partial charge in [0, 0.05) is 12.6 Å². The van der Waals surface area contributed by atoms with Gasteiger partial charge in [-0.3, -0.25) is 9.69 Å². The highest BCUT2D eigenvalue weighted by Crippen LogP contribution is 2.27. The second-order valence-corrected chi connectivity index (χ2v) is 4.99. The molecule has 0 spiro atoms. The molecule has 0 bridgehead atoms.